The predicted octanol–water partition coefficient (Wildman–Crippen LogP) is 3.79. The van der Waals surface area contributed by atoms with Crippen LogP contribution in [-0.4, -0.2) is 60.6 Å². The number of nitrogens with zero attached hydrogens (tertiary/aromatic N) is 2. The van der Waals surface area contributed by atoms with Gasteiger partial charge in [0.25, 0.3) is 5.91 Å². The summed E-state index contributed by atoms with van der Waals surface area (Å²) in [5.41, 5.74) is 3.26. The second-order valence-electron chi connectivity index (χ2n) is 8.37. The van der Waals surface area contributed by atoms with Gasteiger partial charge in [-0.15, -0.1) is 0 Å². The summed E-state index contributed by atoms with van der Waals surface area (Å²) in [5.74, 6) is 0.731. The fourth-order valence-electron chi connectivity index (χ4n) is 3.99. The van der Waals surface area contributed by atoms with Gasteiger partial charge in [-0.25, -0.2) is 4.79 Å². The third kappa shape index (κ3) is 4.49. The maximum absolute atomic E-state index is 12.9. The van der Waals surface area contributed by atoms with E-state index in [1.54, 1.807) is 4.90 Å². The Balaban J connectivity index is 1.64. The van der Waals surface area contributed by atoms with Crippen LogP contribution in [0.25, 0.3) is 0 Å². The van der Waals surface area contributed by atoms with E-state index < -0.39 is 0 Å². The maximum Gasteiger partial charge on any atom is 0.321 e. The van der Waals surface area contributed by atoms with Crippen molar-refractivity contribution in [1.29, 1.82) is 0 Å². The molecule has 2 fully saturated rings. The molecule has 0 spiro atoms. The molecule has 0 radical (unpaired) electrons. The van der Waals surface area contributed by atoms with Crippen LogP contribution in [0.15, 0.2) is 18.2 Å². The Morgan fingerprint density at radius 2 is 1.57 bits per heavy atom. The molecule has 1 atom stereocenters. The molecule has 1 unspecified atom stereocenters. The van der Waals surface area contributed by atoms with E-state index in [-0.39, 0.29) is 18.0 Å². The van der Waals surface area contributed by atoms with Crippen molar-refractivity contribution in [3.8, 4) is 0 Å². The summed E-state index contributed by atoms with van der Waals surface area (Å²) in [6, 6.07) is 6.16. The smallest absolute Gasteiger partial charge is 0.321 e. The second kappa shape index (κ2) is 8.95. The Kier molecular flexibility index (Phi) is 6.60. The molecular formula is C22H33N3O3. The predicted molar refractivity (Wildman–Crippen MR) is 111 cm³/mol. The molecule has 3 rings (SSSR count). The van der Waals surface area contributed by atoms with Gasteiger partial charge in [-0.05, 0) is 35.8 Å². The van der Waals surface area contributed by atoms with Crippen molar-refractivity contribution in [2.75, 3.05) is 38.1 Å². The summed E-state index contributed by atoms with van der Waals surface area (Å²) >= 11 is 0. The molecule has 0 saturated carbocycles. The minimum atomic E-state index is -0.285. The number of carbonyl (C=O) groups is 2. The highest BCUT2D eigenvalue weighted by atomic mass is 16.5. The molecule has 2 heterocycles. The first kappa shape index (κ1) is 20.6. The zero-order valence-electron chi connectivity index (χ0n) is 17.5. The van der Waals surface area contributed by atoms with E-state index in [4.69, 9.17) is 4.74 Å². The number of hydrogen-bond donors (Lipinski definition) is 1. The van der Waals surface area contributed by atoms with Crippen LogP contribution >= 0.6 is 0 Å². The van der Waals surface area contributed by atoms with Crippen LogP contribution in [-0.2, 0) is 9.53 Å². The van der Waals surface area contributed by atoms with Gasteiger partial charge in [-0.3, -0.25) is 4.79 Å². The normalized spacial score (nSPS) is 20.1. The van der Waals surface area contributed by atoms with Crippen LogP contribution < -0.4 is 5.32 Å². The van der Waals surface area contributed by atoms with E-state index in [2.05, 4.69) is 51.2 Å². The second-order valence-corrected chi connectivity index (χ2v) is 8.37. The van der Waals surface area contributed by atoms with Gasteiger partial charge in [0.15, 0.2) is 0 Å². The third-order valence-corrected chi connectivity index (χ3v) is 5.69. The number of ether oxygens (including phenoxy) is 1. The summed E-state index contributed by atoms with van der Waals surface area (Å²) in [6.45, 7) is 11.5. The number of benzene rings is 1. The minimum absolute atomic E-state index is 0.0739. The van der Waals surface area contributed by atoms with Crippen LogP contribution in [0.4, 0.5) is 10.5 Å². The van der Waals surface area contributed by atoms with Crippen molar-refractivity contribution in [1.82, 2.24) is 9.80 Å². The fourth-order valence-corrected chi connectivity index (χ4v) is 3.99. The molecule has 0 bridgehead atoms. The van der Waals surface area contributed by atoms with Crippen molar-refractivity contribution in [2.24, 2.45) is 0 Å². The average Bonchev–Trinajstić information content (AvgIpc) is 3.22. The molecule has 2 saturated heterocycles. The molecule has 6 nitrogen and oxygen atoms in total. The molecule has 1 aromatic rings. The molecule has 2 aliphatic rings. The van der Waals surface area contributed by atoms with Gasteiger partial charge in [0.05, 0.1) is 0 Å². The quantitative estimate of drug-likeness (QED) is 0.855. The number of amides is 3. The monoisotopic (exact) mass is 387 g/mol. The Morgan fingerprint density at radius 3 is 2.07 bits per heavy atom. The van der Waals surface area contributed by atoms with Crippen molar-refractivity contribution in [2.45, 2.75) is 58.5 Å². The summed E-state index contributed by atoms with van der Waals surface area (Å²) in [5, 5.41) is 3.17. The van der Waals surface area contributed by atoms with Crippen LogP contribution in [0.1, 0.15) is 63.5 Å². The molecular weight excluding hydrogens is 354 g/mol. The van der Waals surface area contributed by atoms with Gasteiger partial charge >= 0.3 is 6.03 Å². The Bertz CT molecular complexity index is 677. The summed E-state index contributed by atoms with van der Waals surface area (Å²) < 4.78 is 5.51. The SMILES string of the molecule is CC(C)c1cccc(C(C)C)c1NC(=O)N1CCN(C(=O)C2CCCO2)CC1. The first-order chi connectivity index (χ1) is 13.4. The lowest BCUT2D eigenvalue weighted by Crippen LogP contribution is -2.53. The van der Waals surface area contributed by atoms with E-state index in [0.29, 0.717) is 44.6 Å². The minimum Gasteiger partial charge on any atom is -0.368 e. The summed E-state index contributed by atoms with van der Waals surface area (Å²) in [7, 11) is 0. The van der Waals surface area contributed by atoms with Gasteiger partial charge in [0.2, 0.25) is 0 Å². The molecule has 28 heavy (non-hydrogen) atoms. The molecule has 3 amide bonds. The Morgan fingerprint density at radius 1 is 1.00 bits per heavy atom. The average molecular weight is 388 g/mol. The zero-order chi connectivity index (χ0) is 20.3. The number of anilines is 1. The lowest BCUT2D eigenvalue weighted by atomic mass is 9.93. The van der Waals surface area contributed by atoms with E-state index in [1.807, 2.05) is 4.90 Å². The fraction of sp³-hybridized carbons (Fsp3) is 0.636. The zero-order valence-corrected chi connectivity index (χ0v) is 17.5. The van der Waals surface area contributed by atoms with Crippen LogP contribution in [0, 0.1) is 0 Å². The first-order valence-corrected chi connectivity index (χ1v) is 10.5. The number of hydrogen-bond acceptors (Lipinski definition) is 3. The summed E-state index contributed by atoms with van der Waals surface area (Å²) in [4.78, 5) is 29.1. The van der Waals surface area contributed by atoms with Crippen molar-refractivity contribution in [3.63, 3.8) is 0 Å². The maximum atomic E-state index is 12.9. The largest absolute Gasteiger partial charge is 0.368 e. The number of carbonyl (C=O) groups excluding carboxylic acids is 2. The van der Waals surface area contributed by atoms with Gasteiger partial charge < -0.3 is 19.9 Å². The third-order valence-electron chi connectivity index (χ3n) is 5.69. The van der Waals surface area contributed by atoms with E-state index in [1.165, 1.54) is 0 Å². The van der Waals surface area contributed by atoms with Crippen molar-refractivity contribution >= 4 is 17.6 Å². The molecule has 154 valence electrons. The van der Waals surface area contributed by atoms with Crippen LogP contribution in [0.5, 0.6) is 0 Å². The van der Waals surface area contributed by atoms with Crippen LogP contribution in [0.3, 0.4) is 0 Å². The van der Waals surface area contributed by atoms with Crippen molar-refractivity contribution < 1.29 is 14.3 Å². The van der Waals surface area contributed by atoms with Gasteiger partial charge in [0, 0.05) is 38.5 Å². The standard InChI is InChI=1S/C22H33N3O3/c1-15(2)17-7-5-8-18(16(3)4)20(17)23-22(27)25-12-10-24(11-13-25)21(26)19-9-6-14-28-19/h5,7-8,15-16,19H,6,9-14H2,1-4H3,(H,23,27). The topological polar surface area (TPSA) is 61.9 Å². The van der Waals surface area contributed by atoms with E-state index in [9.17, 15) is 9.59 Å². The lowest BCUT2D eigenvalue weighted by molar-refractivity contribution is -0.142. The number of para-hydroxylation sites is 1. The highest BCUT2D eigenvalue weighted by Crippen LogP contribution is 2.32. The van der Waals surface area contributed by atoms with Gasteiger partial charge in [0.1, 0.15) is 6.10 Å². The number of nitrogens with one attached hydrogen (secondary N) is 1. The highest BCUT2D eigenvalue weighted by molar-refractivity contribution is 5.91. The van der Waals surface area contributed by atoms with E-state index >= 15 is 0 Å². The Labute approximate surface area is 168 Å². The Hall–Kier alpha value is -2.08. The van der Waals surface area contributed by atoms with Crippen molar-refractivity contribution in [3.05, 3.63) is 29.3 Å². The molecule has 1 aromatic carbocycles. The van der Waals surface area contributed by atoms with Gasteiger partial charge in [-0.2, -0.15) is 0 Å². The number of piperazine rings is 1. The number of rotatable bonds is 4. The molecule has 6 heteroatoms. The molecule has 0 aliphatic carbocycles. The molecule has 1 N–H and O–H groups in total. The summed E-state index contributed by atoms with van der Waals surface area (Å²) in [6.07, 6.45) is 1.47. The van der Waals surface area contributed by atoms with Crippen LogP contribution in [0.2, 0.25) is 0 Å². The molecule has 2 aliphatic heterocycles. The molecule has 0 aromatic heterocycles. The number of urea groups is 1. The first-order valence-electron chi connectivity index (χ1n) is 10.5. The van der Waals surface area contributed by atoms with Gasteiger partial charge in [-0.1, -0.05) is 45.9 Å². The van der Waals surface area contributed by atoms with E-state index in [0.717, 1.165) is 29.7 Å². The lowest BCUT2D eigenvalue weighted by Gasteiger charge is -2.36. The highest BCUT2D eigenvalue weighted by Gasteiger charge is 2.31.